The highest BCUT2D eigenvalue weighted by Gasteiger charge is 2.34. The molecule has 3 N–H and O–H groups in total. The minimum atomic E-state index is -0.114. The number of carbonyl (C=O) groups is 1. The lowest BCUT2D eigenvalue weighted by Gasteiger charge is -2.07. The molecule has 0 saturated heterocycles. The van der Waals surface area contributed by atoms with Crippen LogP contribution >= 0.6 is 0 Å². The van der Waals surface area contributed by atoms with Crippen molar-refractivity contribution >= 4 is 11.6 Å². The summed E-state index contributed by atoms with van der Waals surface area (Å²) in [5, 5.41) is 2.94. The minimum absolute atomic E-state index is 0.114. The van der Waals surface area contributed by atoms with Crippen molar-refractivity contribution in [2.45, 2.75) is 18.4 Å². The van der Waals surface area contributed by atoms with Crippen LogP contribution < -0.4 is 11.1 Å². The molecule has 4 heteroatoms. The molecule has 1 heterocycles. The zero-order valence-corrected chi connectivity index (χ0v) is 13.7. The Morgan fingerprint density at radius 2 is 1.52 bits per heavy atom. The number of hydrogen-bond acceptors (Lipinski definition) is 3. The molecular formula is C21H19N3O. The molecule has 1 aromatic heterocycles. The lowest BCUT2D eigenvalue weighted by atomic mass is 10.0. The molecular weight excluding hydrogens is 310 g/mol. The highest BCUT2D eigenvalue weighted by atomic mass is 16.1. The number of nitrogens with one attached hydrogen (secondary N) is 1. The van der Waals surface area contributed by atoms with Gasteiger partial charge in [0.2, 0.25) is 0 Å². The number of hydrogen-bond donors (Lipinski definition) is 2. The quantitative estimate of drug-likeness (QED) is 0.764. The van der Waals surface area contributed by atoms with Gasteiger partial charge >= 0.3 is 0 Å². The summed E-state index contributed by atoms with van der Waals surface area (Å²) in [6.07, 6.45) is 4.57. The largest absolute Gasteiger partial charge is 0.327 e. The van der Waals surface area contributed by atoms with Crippen LogP contribution in [0.3, 0.4) is 0 Å². The molecule has 0 bridgehead atoms. The second-order valence-electron chi connectivity index (χ2n) is 6.40. The maximum atomic E-state index is 12.4. The Kier molecular flexibility index (Phi) is 4.04. The second-order valence-corrected chi connectivity index (χ2v) is 6.40. The van der Waals surface area contributed by atoms with E-state index in [0.29, 0.717) is 17.5 Å². The maximum Gasteiger partial charge on any atom is 0.255 e. The van der Waals surface area contributed by atoms with Crippen LogP contribution in [-0.2, 0) is 0 Å². The molecule has 1 saturated carbocycles. The van der Waals surface area contributed by atoms with E-state index in [1.165, 1.54) is 5.56 Å². The molecule has 4 nitrogen and oxygen atoms in total. The fourth-order valence-electron chi connectivity index (χ4n) is 2.97. The number of nitrogens with two attached hydrogens (primary N) is 1. The lowest BCUT2D eigenvalue weighted by molar-refractivity contribution is 0.102. The predicted octanol–water partition coefficient (Wildman–Crippen LogP) is 3.82. The highest BCUT2D eigenvalue weighted by molar-refractivity contribution is 6.04. The van der Waals surface area contributed by atoms with E-state index in [-0.39, 0.29) is 5.91 Å². The van der Waals surface area contributed by atoms with Crippen molar-refractivity contribution in [3.8, 4) is 11.1 Å². The number of benzene rings is 2. The van der Waals surface area contributed by atoms with E-state index in [2.05, 4.69) is 10.3 Å². The van der Waals surface area contributed by atoms with E-state index in [0.717, 1.165) is 23.2 Å². The van der Waals surface area contributed by atoms with Crippen LogP contribution in [0, 0.1) is 0 Å². The van der Waals surface area contributed by atoms with E-state index in [1.807, 2.05) is 60.7 Å². The fraction of sp³-hybridized carbons (Fsp3) is 0.143. The smallest absolute Gasteiger partial charge is 0.255 e. The molecule has 0 aliphatic heterocycles. The van der Waals surface area contributed by atoms with E-state index < -0.39 is 0 Å². The number of rotatable bonds is 4. The summed E-state index contributed by atoms with van der Waals surface area (Å²) in [6, 6.07) is 19.7. The zero-order valence-electron chi connectivity index (χ0n) is 13.7. The SMILES string of the molecule is N[C@@H]1C[C@H]1c1ccc(NC(=O)c2ccc(-c3ccncc3)cc2)cc1. The third-order valence-electron chi connectivity index (χ3n) is 4.60. The highest BCUT2D eigenvalue weighted by Crippen LogP contribution is 2.39. The molecule has 1 fully saturated rings. The molecule has 25 heavy (non-hydrogen) atoms. The van der Waals surface area contributed by atoms with Gasteiger partial charge in [-0.1, -0.05) is 24.3 Å². The molecule has 1 aliphatic rings. The van der Waals surface area contributed by atoms with Gasteiger partial charge in [-0.2, -0.15) is 0 Å². The predicted molar refractivity (Wildman–Crippen MR) is 99.4 cm³/mol. The van der Waals surface area contributed by atoms with Gasteiger partial charge in [0.25, 0.3) is 5.91 Å². The molecule has 0 unspecified atom stereocenters. The fourth-order valence-corrected chi connectivity index (χ4v) is 2.97. The number of aromatic nitrogens is 1. The first kappa shape index (κ1) is 15.5. The molecule has 1 aliphatic carbocycles. The van der Waals surface area contributed by atoms with Crippen molar-refractivity contribution in [3.05, 3.63) is 84.2 Å². The molecule has 3 aromatic rings. The van der Waals surface area contributed by atoms with Crippen molar-refractivity contribution in [2.24, 2.45) is 5.73 Å². The zero-order chi connectivity index (χ0) is 17.2. The Morgan fingerprint density at radius 1 is 0.920 bits per heavy atom. The van der Waals surface area contributed by atoms with Crippen LogP contribution in [0.15, 0.2) is 73.1 Å². The van der Waals surface area contributed by atoms with Crippen LogP contribution in [0.4, 0.5) is 5.69 Å². The molecule has 1 amide bonds. The van der Waals surface area contributed by atoms with Gasteiger partial charge in [-0.3, -0.25) is 9.78 Å². The number of pyridine rings is 1. The van der Waals surface area contributed by atoms with Crippen molar-refractivity contribution in [1.29, 1.82) is 0 Å². The van der Waals surface area contributed by atoms with E-state index in [1.54, 1.807) is 12.4 Å². The topological polar surface area (TPSA) is 68.0 Å². The third-order valence-corrected chi connectivity index (χ3v) is 4.60. The van der Waals surface area contributed by atoms with E-state index in [9.17, 15) is 4.79 Å². The van der Waals surface area contributed by atoms with Crippen LogP contribution in [0.1, 0.15) is 28.3 Å². The molecule has 2 atom stereocenters. The molecule has 4 rings (SSSR count). The summed E-state index contributed by atoms with van der Waals surface area (Å²) in [5.41, 5.74) is 10.7. The van der Waals surface area contributed by atoms with Crippen LogP contribution in [0.2, 0.25) is 0 Å². The van der Waals surface area contributed by atoms with Crippen LogP contribution in [0.25, 0.3) is 11.1 Å². The summed E-state index contributed by atoms with van der Waals surface area (Å²) < 4.78 is 0. The number of carbonyl (C=O) groups excluding carboxylic acids is 1. The lowest BCUT2D eigenvalue weighted by Crippen LogP contribution is -2.11. The number of amides is 1. The first-order valence-corrected chi connectivity index (χ1v) is 8.38. The summed E-state index contributed by atoms with van der Waals surface area (Å²) in [6.45, 7) is 0. The Bertz CT molecular complexity index is 873. The van der Waals surface area contributed by atoms with Crippen molar-refractivity contribution in [1.82, 2.24) is 4.98 Å². The van der Waals surface area contributed by atoms with Gasteiger partial charge < -0.3 is 11.1 Å². The number of anilines is 1. The minimum Gasteiger partial charge on any atom is -0.327 e. The van der Waals surface area contributed by atoms with Gasteiger partial charge in [-0.15, -0.1) is 0 Å². The summed E-state index contributed by atoms with van der Waals surface area (Å²) in [7, 11) is 0. The average molecular weight is 329 g/mol. The second kappa shape index (κ2) is 6.49. The standard InChI is InChI=1S/C21H19N3O/c22-20-13-19(20)16-5-7-18(8-6-16)24-21(25)17-3-1-14(2-4-17)15-9-11-23-12-10-15/h1-12,19-20H,13,22H2,(H,24,25)/t19-,20+/m0/s1. The number of nitrogens with zero attached hydrogens (tertiary/aromatic N) is 1. The van der Waals surface area contributed by atoms with Crippen LogP contribution in [-0.4, -0.2) is 16.9 Å². The molecule has 124 valence electrons. The first-order chi connectivity index (χ1) is 12.2. The Hall–Kier alpha value is -2.98. The van der Waals surface area contributed by atoms with Crippen LogP contribution in [0.5, 0.6) is 0 Å². The Balaban J connectivity index is 1.44. The maximum absolute atomic E-state index is 12.4. The van der Waals surface area contributed by atoms with E-state index in [4.69, 9.17) is 5.73 Å². The normalized spacial score (nSPS) is 18.6. The van der Waals surface area contributed by atoms with Gasteiger partial charge in [-0.05, 0) is 59.5 Å². The molecule has 0 radical (unpaired) electrons. The van der Waals surface area contributed by atoms with Gasteiger partial charge in [0.05, 0.1) is 0 Å². The Morgan fingerprint density at radius 3 is 2.12 bits per heavy atom. The summed E-state index contributed by atoms with van der Waals surface area (Å²) in [5.74, 6) is 0.364. The van der Waals surface area contributed by atoms with Gasteiger partial charge in [-0.25, -0.2) is 0 Å². The van der Waals surface area contributed by atoms with Crippen molar-refractivity contribution < 1.29 is 4.79 Å². The third kappa shape index (κ3) is 3.44. The molecule has 0 spiro atoms. The van der Waals surface area contributed by atoms with Crippen molar-refractivity contribution in [3.63, 3.8) is 0 Å². The average Bonchev–Trinajstić information content (AvgIpc) is 3.40. The monoisotopic (exact) mass is 329 g/mol. The van der Waals surface area contributed by atoms with Gasteiger partial charge in [0, 0.05) is 35.6 Å². The molecule has 2 aromatic carbocycles. The summed E-state index contributed by atoms with van der Waals surface area (Å²) >= 11 is 0. The van der Waals surface area contributed by atoms with Gasteiger partial charge in [0.1, 0.15) is 0 Å². The van der Waals surface area contributed by atoms with Crippen molar-refractivity contribution in [2.75, 3.05) is 5.32 Å². The Labute approximate surface area is 146 Å². The van der Waals surface area contributed by atoms with E-state index >= 15 is 0 Å². The summed E-state index contributed by atoms with van der Waals surface area (Å²) in [4.78, 5) is 16.4. The first-order valence-electron chi connectivity index (χ1n) is 8.38. The van der Waals surface area contributed by atoms with Gasteiger partial charge in [0.15, 0.2) is 0 Å².